The van der Waals surface area contributed by atoms with Crippen LogP contribution in [0.3, 0.4) is 0 Å². The van der Waals surface area contributed by atoms with E-state index < -0.39 is 10.0 Å². The average molecular weight is 243 g/mol. The highest BCUT2D eigenvalue weighted by Gasteiger charge is 2.36. The predicted octanol–water partition coefficient (Wildman–Crippen LogP) is 0.723. The Labute approximate surface area is 95.9 Å². The summed E-state index contributed by atoms with van der Waals surface area (Å²) in [6.07, 6.45) is 4.86. The minimum absolute atomic E-state index is 0.141. The highest BCUT2D eigenvalue weighted by Crippen LogP contribution is 2.33. The molecule has 0 spiro atoms. The molecule has 90 valence electrons. The minimum Gasteiger partial charge on any atom is -0.282 e. The quantitative estimate of drug-likeness (QED) is 0.832. The van der Waals surface area contributed by atoms with Gasteiger partial charge in [0.25, 0.3) is 0 Å². The molecule has 1 aliphatic rings. The fourth-order valence-corrected chi connectivity index (χ4v) is 3.27. The van der Waals surface area contributed by atoms with Gasteiger partial charge >= 0.3 is 0 Å². The molecule has 1 fully saturated rings. The van der Waals surface area contributed by atoms with Gasteiger partial charge in [-0.15, -0.1) is 0 Å². The van der Waals surface area contributed by atoms with Gasteiger partial charge in [-0.25, -0.2) is 12.7 Å². The standard InChI is InChI=1S/C10H17N3O2S/c1-10(9-4-6-11-12-9)5-3-7-13(8-10)16(2,14)15/h4,6H,3,5,7-8H2,1-2H3,(H,11,12)/t10-/m1/s1. The Balaban J connectivity index is 2.25. The van der Waals surface area contributed by atoms with Crippen molar-refractivity contribution in [1.29, 1.82) is 0 Å². The molecular formula is C10H17N3O2S. The summed E-state index contributed by atoms with van der Waals surface area (Å²) in [5.41, 5.74) is 0.874. The molecule has 1 N–H and O–H groups in total. The van der Waals surface area contributed by atoms with E-state index in [4.69, 9.17) is 0 Å². The zero-order valence-electron chi connectivity index (χ0n) is 9.60. The van der Waals surface area contributed by atoms with Crippen LogP contribution in [-0.2, 0) is 15.4 Å². The Hall–Kier alpha value is -0.880. The topological polar surface area (TPSA) is 66.1 Å². The highest BCUT2D eigenvalue weighted by molar-refractivity contribution is 7.88. The summed E-state index contributed by atoms with van der Waals surface area (Å²) in [5, 5.41) is 6.88. The largest absolute Gasteiger partial charge is 0.282 e. The van der Waals surface area contributed by atoms with Gasteiger partial charge in [-0.05, 0) is 18.9 Å². The second-order valence-corrected chi connectivity index (χ2v) is 6.71. The Morgan fingerprint density at radius 3 is 2.88 bits per heavy atom. The molecule has 1 aromatic rings. The van der Waals surface area contributed by atoms with Crippen LogP contribution >= 0.6 is 0 Å². The minimum atomic E-state index is -3.09. The molecule has 0 amide bonds. The fraction of sp³-hybridized carbons (Fsp3) is 0.700. The summed E-state index contributed by atoms with van der Waals surface area (Å²) >= 11 is 0. The van der Waals surface area contributed by atoms with E-state index in [-0.39, 0.29) is 5.41 Å². The van der Waals surface area contributed by atoms with E-state index in [9.17, 15) is 8.42 Å². The number of nitrogens with one attached hydrogen (secondary N) is 1. The summed E-state index contributed by atoms with van der Waals surface area (Å²) in [6.45, 7) is 3.24. The third kappa shape index (κ3) is 2.12. The molecule has 1 aliphatic heterocycles. The van der Waals surface area contributed by atoms with Gasteiger partial charge in [0, 0.05) is 30.4 Å². The maximum absolute atomic E-state index is 11.5. The van der Waals surface area contributed by atoms with Crippen LogP contribution < -0.4 is 0 Å². The summed E-state index contributed by atoms with van der Waals surface area (Å²) in [4.78, 5) is 0. The van der Waals surface area contributed by atoms with E-state index in [1.807, 2.05) is 6.07 Å². The van der Waals surface area contributed by atoms with Crippen LogP contribution in [0.25, 0.3) is 0 Å². The average Bonchev–Trinajstić information content (AvgIpc) is 2.69. The van der Waals surface area contributed by atoms with Crippen molar-refractivity contribution in [1.82, 2.24) is 14.5 Å². The van der Waals surface area contributed by atoms with E-state index in [1.165, 1.54) is 6.26 Å². The first-order valence-corrected chi connectivity index (χ1v) is 7.22. The number of H-pyrrole nitrogens is 1. The zero-order valence-corrected chi connectivity index (χ0v) is 10.4. The molecule has 0 radical (unpaired) electrons. The Morgan fingerprint density at radius 1 is 1.56 bits per heavy atom. The molecule has 2 rings (SSSR count). The molecule has 6 heteroatoms. The smallest absolute Gasteiger partial charge is 0.211 e. The first kappa shape index (κ1) is 11.6. The molecular weight excluding hydrogens is 226 g/mol. The lowest BCUT2D eigenvalue weighted by atomic mass is 9.80. The molecule has 1 atom stereocenters. The number of nitrogens with zero attached hydrogens (tertiary/aromatic N) is 2. The lowest BCUT2D eigenvalue weighted by Crippen LogP contribution is -2.46. The molecule has 1 saturated heterocycles. The van der Waals surface area contributed by atoms with Crippen LogP contribution in [0.1, 0.15) is 25.5 Å². The van der Waals surface area contributed by atoms with Crippen molar-refractivity contribution in [2.45, 2.75) is 25.2 Å². The molecule has 0 aliphatic carbocycles. The molecule has 5 nitrogen and oxygen atoms in total. The second-order valence-electron chi connectivity index (χ2n) is 4.73. The molecule has 16 heavy (non-hydrogen) atoms. The van der Waals surface area contributed by atoms with Crippen molar-refractivity contribution in [3.63, 3.8) is 0 Å². The number of sulfonamides is 1. The lowest BCUT2D eigenvalue weighted by molar-refractivity contribution is 0.237. The van der Waals surface area contributed by atoms with Crippen molar-refractivity contribution >= 4 is 10.0 Å². The molecule has 0 saturated carbocycles. The number of aromatic amines is 1. The van der Waals surface area contributed by atoms with Gasteiger partial charge in [-0.1, -0.05) is 6.92 Å². The molecule has 2 heterocycles. The summed E-state index contributed by atoms with van der Waals surface area (Å²) in [5.74, 6) is 0. The van der Waals surface area contributed by atoms with Gasteiger partial charge < -0.3 is 0 Å². The molecule has 0 bridgehead atoms. The van der Waals surface area contributed by atoms with E-state index in [1.54, 1.807) is 10.5 Å². The van der Waals surface area contributed by atoms with Crippen LogP contribution in [-0.4, -0.2) is 42.3 Å². The number of rotatable bonds is 2. The fourth-order valence-electron chi connectivity index (χ4n) is 2.29. The molecule has 1 aromatic heterocycles. The van der Waals surface area contributed by atoms with Crippen molar-refractivity contribution in [3.05, 3.63) is 18.0 Å². The van der Waals surface area contributed by atoms with Crippen molar-refractivity contribution in [3.8, 4) is 0 Å². The van der Waals surface area contributed by atoms with E-state index >= 15 is 0 Å². The number of aromatic nitrogens is 2. The first-order valence-electron chi connectivity index (χ1n) is 5.37. The third-order valence-electron chi connectivity index (χ3n) is 3.28. The summed E-state index contributed by atoms with van der Waals surface area (Å²) < 4.78 is 24.6. The summed E-state index contributed by atoms with van der Waals surface area (Å²) in [7, 11) is -3.09. The first-order chi connectivity index (χ1) is 7.42. The van der Waals surface area contributed by atoms with Crippen molar-refractivity contribution in [2.24, 2.45) is 0 Å². The Morgan fingerprint density at radius 2 is 2.31 bits per heavy atom. The van der Waals surface area contributed by atoms with Gasteiger partial charge in [-0.3, -0.25) is 5.10 Å². The predicted molar refractivity (Wildman–Crippen MR) is 61.6 cm³/mol. The maximum atomic E-state index is 11.5. The second kappa shape index (κ2) is 3.85. The van der Waals surface area contributed by atoms with Crippen LogP contribution in [0.15, 0.2) is 12.3 Å². The van der Waals surface area contributed by atoms with Crippen LogP contribution in [0.5, 0.6) is 0 Å². The number of hydrogen-bond donors (Lipinski definition) is 1. The SMILES string of the molecule is C[C@@]1(c2ccn[nH]2)CCCN(S(C)(=O)=O)C1. The van der Waals surface area contributed by atoms with Crippen LogP contribution in [0, 0.1) is 0 Å². The maximum Gasteiger partial charge on any atom is 0.211 e. The normalized spacial score (nSPS) is 28.1. The van der Waals surface area contributed by atoms with E-state index in [2.05, 4.69) is 17.1 Å². The molecule has 0 aromatic carbocycles. The lowest BCUT2D eigenvalue weighted by Gasteiger charge is -2.38. The van der Waals surface area contributed by atoms with Gasteiger partial charge in [0.1, 0.15) is 0 Å². The Kier molecular flexibility index (Phi) is 2.79. The highest BCUT2D eigenvalue weighted by atomic mass is 32.2. The zero-order chi connectivity index (χ0) is 11.8. The van der Waals surface area contributed by atoms with Crippen LogP contribution in [0.2, 0.25) is 0 Å². The van der Waals surface area contributed by atoms with E-state index in [0.29, 0.717) is 13.1 Å². The van der Waals surface area contributed by atoms with Gasteiger partial charge in [0.15, 0.2) is 0 Å². The van der Waals surface area contributed by atoms with E-state index in [0.717, 1.165) is 18.5 Å². The van der Waals surface area contributed by atoms with Crippen molar-refractivity contribution < 1.29 is 8.42 Å². The van der Waals surface area contributed by atoms with Crippen LogP contribution in [0.4, 0.5) is 0 Å². The third-order valence-corrected chi connectivity index (χ3v) is 4.53. The molecule has 0 unspecified atom stereocenters. The monoisotopic (exact) mass is 243 g/mol. The van der Waals surface area contributed by atoms with Gasteiger partial charge in [-0.2, -0.15) is 5.10 Å². The number of piperidine rings is 1. The number of hydrogen-bond acceptors (Lipinski definition) is 3. The van der Waals surface area contributed by atoms with Gasteiger partial charge in [0.05, 0.1) is 6.26 Å². The van der Waals surface area contributed by atoms with Crippen molar-refractivity contribution in [2.75, 3.05) is 19.3 Å². The Bertz CT molecular complexity index is 454. The van der Waals surface area contributed by atoms with Gasteiger partial charge in [0.2, 0.25) is 10.0 Å². The summed E-state index contributed by atoms with van der Waals surface area (Å²) in [6, 6.07) is 1.92.